The van der Waals surface area contributed by atoms with Crippen molar-refractivity contribution in [2.45, 2.75) is 33.0 Å². The number of amides is 1. The van der Waals surface area contributed by atoms with Crippen LogP contribution in [-0.4, -0.2) is 31.5 Å². The van der Waals surface area contributed by atoms with E-state index in [-0.39, 0.29) is 18.1 Å². The fraction of sp³-hybridized carbons (Fsp3) is 0.273. The number of fused-ring (bicyclic) bond motifs is 4. The van der Waals surface area contributed by atoms with Crippen LogP contribution in [0.2, 0.25) is 0 Å². The molecule has 5 rings (SSSR count). The Hall–Kier alpha value is -3.28. The molecule has 3 heterocycles. The van der Waals surface area contributed by atoms with Gasteiger partial charge in [0, 0.05) is 48.2 Å². The Kier molecular flexibility index (Phi) is 3.86. The summed E-state index contributed by atoms with van der Waals surface area (Å²) in [6.07, 6.45) is 0.807. The Morgan fingerprint density at radius 1 is 1.04 bits per heavy atom. The van der Waals surface area contributed by atoms with Gasteiger partial charge in [-0.15, -0.1) is 0 Å². The number of nitrogens with zero attached hydrogens (tertiary/aromatic N) is 3. The molecule has 0 spiro atoms. The van der Waals surface area contributed by atoms with Crippen LogP contribution in [0.5, 0.6) is 0 Å². The van der Waals surface area contributed by atoms with Gasteiger partial charge in [0.2, 0.25) is 5.91 Å². The van der Waals surface area contributed by atoms with Crippen molar-refractivity contribution in [2.75, 3.05) is 6.54 Å². The Morgan fingerprint density at radius 2 is 1.75 bits per heavy atom. The van der Waals surface area contributed by atoms with Gasteiger partial charge in [-0.3, -0.25) is 13.9 Å². The third kappa shape index (κ3) is 2.48. The van der Waals surface area contributed by atoms with E-state index in [9.17, 15) is 9.59 Å². The number of H-pyrrole nitrogens is 1. The Morgan fingerprint density at radius 3 is 2.54 bits per heavy atom. The third-order valence-corrected chi connectivity index (χ3v) is 5.77. The van der Waals surface area contributed by atoms with Crippen molar-refractivity contribution >= 4 is 27.8 Å². The second kappa shape index (κ2) is 6.41. The smallest absolute Gasteiger partial charge is 0.329 e. The number of imidazole rings is 1. The van der Waals surface area contributed by atoms with Gasteiger partial charge in [-0.2, -0.15) is 0 Å². The number of carbonyl (C=O) groups is 1. The quantitative estimate of drug-likeness (QED) is 0.599. The highest BCUT2D eigenvalue weighted by atomic mass is 16.2. The van der Waals surface area contributed by atoms with Crippen LogP contribution in [0.15, 0.2) is 53.3 Å². The molecule has 0 radical (unpaired) electrons. The number of hydrogen-bond acceptors (Lipinski definition) is 2. The lowest BCUT2D eigenvalue weighted by Crippen LogP contribution is -2.39. The molecule has 142 valence electrons. The minimum absolute atomic E-state index is 0.0166. The highest BCUT2D eigenvalue weighted by molar-refractivity contribution is 5.86. The van der Waals surface area contributed by atoms with E-state index in [1.54, 1.807) is 9.13 Å². The molecule has 1 amide bonds. The molecule has 6 heteroatoms. The number of para-hydroxylation sites is 3. The number of carbonyl (C=O) groups excluding carboxylic acids is 1. The largest absolute Gasteiger partial charge is 0.358 e. The Bertz CT molecular complexity index is 1260. The van der Waals surface area contributed by atoms with Gasteiger partial charge in [0.25, 0.3) is 0 Å². The molecule has 1 aliphatic rings. The summed E-state index contributed by atoms with van der Waals surface area (Å²) in [7, 11) is 0. The number of aromatic nitrogens is 3. The van der Waals surface area contributed by atoms with E-state index < -0.39 is 0 Å². The molecule has 0 saturated heterocycles. The minimum atomic E-state index is -0.123. The summed E-state index contributed by atoms with van der Waals surface area (Å²) in [5.74, 6) is -0.0166. The van der Waals surface area contributed by atoms with Gasteiger partial charge in [-0.1, -0.05) is 30.3 Å². The van der Waals surface area contributed by atoms with Crippen LogP contribution in [0.4, 0.5) is 0 Å². The number of aromatic amines is 1. The first-order valence-corrected chi connectivity index (χ1v) is 9.71. The van der Waals surface area contributed by atoms with E-state index >= 15 is 0 Å². The molecule has 4 aromatic rings. The maximum absolute atomic E-state index is 13.1. The zero-order valence-corrected chi connectivity index (χ0v) is 15.8. The van der Waals surface area contributed by atoms with Crippen LogP contribution in [0.1, 0.15) is 18.2 Å². The number of nitrogens with one attached hydrogen (secondary N) is 1. The van der Waals surface area contributed by atoms with E-state index in [0.717, 1.165) is 23.0 Å². The number of hydrogen-bond donors (Lipinski definition) is 1. The van der Waals surface area contributed by atoms with Crippen molar-refractivity contribution in [3.63, 3.8) is 0 Å². The zero-order valence-electron chi connectivity index (χ0n) is 15.8. The molecular formula is C22H22N4O2. The predicted molar refractivity (Wildman–Crippen MR) is 109 cm³/mol. The zero-order chi connectivity index (χ0) is 19.3. The van der Waals surface area contributed by atoms with E-state index in [0.29, 0.717) is 19.6 Å². The normalized spacial score (nSPS) is 14.0. The van der Waals surface area contributed by atoms with Gasteiger partial charge in [0.05, 0.1) is 11.0 Å². The molecular weight excluding hydrogens is 352 g/mol. The molecule has 0 fully saturated rings. The van der Waals surface area contributed by atoms with Crippen LogP contribution in [0.3, 0.4) is 0 Å². The maximum atomic E-state index is 13.1. The first kappa shape index (κ1) is 16.9. The third-order valence-electron chi connectivity index (χ3n) is 5.77. The van der Waals surface area contributed by atoms with Crippen LogP contribution in [0.25, 0.3) is 21.9 Å². The fourth-order valence-corrected chi connectivity index (χ4v) is 4.35. The summed E-state index contributed by atoms with van der Waals surface area (Å²) < 4.78 is 3.32. The van der Waals surface area contributed by atoms with E-state index in [2.05, 4.69) is 17.1 Å². The van der Waals surface area contributed by atoms with Gasteiger partial charge < -0.3 is 9.88 Å². The second-order valence-electron chi connectivity index (χ2n) is 7.29. The summed E-state index contributed by atoms with van der Waals surface area (Å²) in [5, 5.41) is 1.18. The van der Waals surface area contributed by atoms with Crippen molar-refractivity contribution in [3.8, 4) is 0 Å². The lowest BCUT2D eigenvalue weighted by molar-refractivity contribution is -0.132. The SMILES string of the molecule is CCn1c(=O)n(CC(=O)N2CCc3[nH]c4ccccc4c3C2)c2ccccc21. The van der Waals surface area contributed by atoms with E-state index in [1.807, 2.05) is 48.2 Å². The highest BCUT2D eigenvalue weighted by Crippen LogP contribution is 2.27. The molecule has 0 atom stereocenters. The van der Waals surface area contributed by atoms with E-state index in [1.165, 1.54) is 16.6 Å². The monoisotopic (exact) mass is 374 g/mol. The molecule has 0 unspecified atom stereocenters. The second-order valence-corrected chi connectivity index (χ2v) is 7.29. The van der Waals surface area contributed by atoms with Gasteiger partial charge in [-0.25, -0.2) is 4.79 Å². The average Bonchev–Trinajstić information content (AvgIpc) is 3.22. The lowest BCUT2D eigenvalue weighted by Gasteiger charge is -2.27. The molecule has 0 saturated carbocycles. The summed E-state index contributed by atoms with van der Waals surface area (Å²) in [6, 6.07) is 15.9. The van der Waals surface area contributed by atoms with Crippen molar-refractivity contribution in [2.24, 2.45) is 0 Å². The first-order chi connectivity index (χ1) is 13.7. The van der Waals surface area contributed by atoms with Gasteiger partial charge in [0.1, 0.15) is 6.54 Å². The lowest BCUT2D eigenvalue weighted by atomic mass is 10.0. The van der Waals surface area contributed by atoms with Crippen LogP contribution in [0, 0.1) is 0 Å². The minimum Gasteiger partial charge on any atom is -0.358 e. The molecule has 0 bridgehead atoms. The molecule has 2 aromatic carbocycles. The number of aryl methyl sites for hydroxylation is 1. The molecule has 1 N–H and O–H groups in total. The van der Waals surface area contributed by atoms with Crippen molar-refractivity contribution in [3.05, 3.63) is 70.3 Å². The first-order valence-electron chi connectivity index (χ1n) is 9.71. The summed E-state index contributed by atoms with van der Waals surface area (Å²) in [6.45, 7) is 3.86. The average molecular weight is 374 g/mol. The molecule has 0 aliphatic carbocycles. The predicted octanol–water partition coefficient (Wildman–Crippen LogP) is 2.89. The number of rotatable bonds is 3. The molecule has 2 aromatic heterocycles. The fourth-order valence-electron chi connectivity index (χ4n) is 4.35. The van der Waals surface area contributed by atoms with Crippen LogP contribution >= 0.6 is 0 Å². The molecule has 28 heavy (non-hydrogen) atoms. The van der Waals surface area contributed by atoms with Crippen LogP contribution < -0.4 is 5.69 Å². The van der Waals surface area contributed by atoms with Crippen LogP contribution in [-0.2, 0) is 30.8 Å². The Balaban J connectivity index is 1.47. The maximum Gasteiger partial charge on any atom is 0.329 e. The highest BCUT2D eigenvalue weighted by Gasteiger charge is 2.25. The van der Waals surface area contributed by atoms with Crippen molar-refractivity contribution in [1.29, 1.82) is 0 Å². The van der Waals surface area contributed by atoms with Gasteiger partial charge in [-0.05, 0) is 25.1 Å². The summed E-state index contributed by atoms with van der Waals surface area (Å²) in [5.41, 5.74) is 5.09. The summed E-state index contributed by atoms with van der Waals surface area (Å²) >= 11 is 0. The topological polar surface area (TPSA) is 63.0 Å². The summed E-state index contributed by atoms with van der Waals surface area (Å²) in [4.78, 5) is 31.2. The molecule has 6 nitrogen and oxygen atoms in total. The van der Waals surface area contributed by atoms with Gasteiger partial charge >= 0.3 is 5.69 Å². The van der Waals surface area contributed by atoms with E-state index in [4.69, 9.17) is 0 Å². The van der Waals surface area contributed by atoms with Crippen molar-refractivity contribution in [1.82, 2.24) is 19.0 Å². The van der Waals surface area contributed by atoms with Crippen molar-refractivity contribution < 1.29 is 4.79 Å². The Labute approximate surface area is 162 Å². The van der Waals surface area contributed by atoms with Gasteiger partial charge in [0.15, 0.2) is 0 Å². The molecule has 1 aliphatic heterocycles. The standard InChI is InChI=1S/C22H22N4O2/c1-2-25-19-9-5-6-10-20(19)26(22(25)28)14-21(27)24-12-11-18-16(13-24)15-7-3-4-8-17(15)23-18/h3-10,23H,2,11-14H2,1H3. The number of benzene rings is 2.